The summed E-state index contributed by atoms with van der Waals surface area (Å²) in [6.07, 6.45) is 9.88. The van der Waals surface area contributed by atoms with E-state index < -0.39 is 0 Å². The molecular weight excluding hydrogens is 262 g/mol. The van der Waals surface area contributed by atoms with Crippen LogP contribution in [0.15, 0.2) is 17.5 Å². The van der Waals surface area contributed by atoms with Gasteiger partial charge in [0, 0.05) is 10.4 Å². The minimum Gasteiger partial charge on any atom is -0.312 e. The second-order valence-corrected chi connectivity index (χ2v) is 8.44. The molecule has 2 unspecified atom stereocenters. The van der Waals surface area contributed by atoms with E-state index in [9.17, 15) is 0 Å². The maximum absolute atomic E-state index is 3.75. The molecule has 0 radical (unpaired) electrons. The molecule has 0 saturated heterocycles. The highest BCUT2D eigenvalue weighted by Crippen LogP contribution is 2.32. The van der Waals surface area contributed by atoms with Crippen LogP contribution in [0.5, 0.6) is 0 Å². The summed E-state index contributed by atoms with van der Waals surface area (Å²) in [6.45, 7) is 8.05. The fourth-order valence-corrected chi connectivity index (χ4v) is 4.05. The summed E-state index contributed by atoms with van der Waals surface area (Å²) in [6, 6.07) is 4.48. The Hall–Kier alpha value is -0.340. The van der Waals surface area contributed by atoms with Crippen molar-refractivity contribution >= 4 is 11.3 Å². The predicted molar refractivity (Wildman–Crippen MR) is 90.5 cm³/mol. The zero-order valence-corrected chi connectivity index (χ0v) is 14.3. The van der Waals surface area contributed by atoms with Crippen LogP contribution in [0, 0.1) is 11.8 Å². The SMILES string of the molecule is CC(C)(C)NCC1CCCCCC1CCc1cccs1. The van der Waals surface area contributed by atoms with E-state index >= 15 is 0 Å². The van der Waals surface area contributed by atoms with Gasteiger partial charge < -0.3 is 5.32 Å². The van der Waals surface area contributed by atoms with Crippen molar-refractivity contribution in [2.45, 2.75) is 71.3 Å². The van der Waals surface area contributed by atoms with Gasteiger partial charge in [0.05, 0.1) is 0 Å². The van der Waals surface area contributed by atoms with Crippen LogP contribution in [-0.2, 0) is 6.42 Å². The molecule has 1 saturated carbocycles. The van der Waals surface area contributed by atoms with Gasteiger partial charge in [-0.05, 0) is 69.9 Å². The standard InChI is InChI=1S/C18H31NS/c1-18(2,3)19-14-16-9-6-4-5-8-15(16)11-12-17-10-7-13-20-17/h7,10,13,15-16,19H,4-6,8-9,11-12,14H2,1-3H3. The van der Waals surface area contributed by atoms with Gasteiger partial charge in [0.15, 0.2) is 0 Å². The van der Waals surface area contributed by atoms with Crippen molar-refractivity contribution in [3.05, 3.63) is 22.4 Å². The Morgan fingerprint density at radius 3 is 2.55 bits per heavy atom. The van der Waals surface area contributed by atoms with Crippen LogP contribution in [0.1, 0.15) is 64.2 Å². The second kappa shape index (κ2) is 7.61. The molecular formula is C18H31NS. The zero-order valence-electron chi connectivity index (χ0n) is 13.5. The first-order valence-corrected chi connectivity index (χ1v) is 9.20. The van der Waals surface area contributed by atoms with Crippen molar-refractivity contribution in [2.75, 3.05) is 6.54 Å². The Bertz CT molecular complexity index is 363. The first kappa shape index (κ1) is 16.0. The molecule has 1 aliphatic carbocycles. The van der Waals surface area contributed by atoms with Gasteiger partial charge >= 0.3 is 0 Å². The van der Waals surface area contributed by atoms with E-state index in [1.165, 1.54) is 51.5 Å². The van der Waals surface area contributed by atoms with E-state index in [4.69, 9.17) is 0 Å². The molecule has 1 fully saturated rings. The molecule has 1 N–H and O–H groups in total. The highest BCUT2D eigenvalue weighted by molar-refractivity contribution is 7.09. The quantitative estimate of drug-likeness (QED) is 0.730. The van der Waals surface area contributed by atoms with Crippen LogP contribution in [0.3, 0.4) is 0 Å². The number of aryl methyl sites for hydroxylation is 1. The van der Waals surface area contributed by atoms with Crippen LogP contribution in [-0.4, -0.2) is 12.1 Å². The lowest BCUT2D eigenvalue weighted by molar-refractivity contribution is 0.259. The third-order valence-electron chi connectivity index (χ3n) is 4.55. The number of nitrogens with one attached hydrogen (secondary N) is 1. The van der Waals surface area contributed by atoms with Crippen molar-refractivity contribution in [1.82, 2.24) is 5.32 Å². The van der Waals surface area contributed by atoms with Crippen molar-refractivity contribution < 1.29 is 0 Å². The van der Waals surface area contributed by atoms with Gasteiger partial charge in [-0.3, -0.25) is 0 Å². The molecule has 0 bridgehead atoms. The molecule has 0 spiro atoms. The van der Waals surface area contributed by atoms with E-state index in [0.717, 1.165) is 11.8 Å². The fourth-order valence-electron chi connectivity index (χ4n) is 3.33. The molecule has 20 heavy (non-hydrogen) atoms. The van der Waals surface area contributed by atoms with E-state index in [0.29, 0.717) is 0 Å². The van der Waals surface area contributed by atoms with Crippen LogP contribution < -0.4 is 5.32 Å². The highest BCUT2D eigenvalue weighted by atomic mass is 32.1. The summed E-state index contributed by atoms with van der Waals surface area (Å²) in [5.41, 5.74) is 0.255. The minimum absolute atomic E-state index is 0.255. The summed E-state index contributed by atoms with van der Waals surface area (Å²) < 4.78 is 0. The lowest BCUT2D eigenvalue weighted by Crippen LogP contribution is -2.40. The normalized spacial score (nSPS) is 24.6. The molecule has 1 heterocycles. The van der Waals surface area contributed by atoms with Crippen LogP contribution in [0.2, 0.25) is 0 Å². The molecule has 0 aliphatic heterocycles. The first-order chi connectivity index (χ1) is 9.54. The summed E-state index contributed by atoms with van der Waals surface area (Å²) in [4.78, 5) is 1.57. The van der Waals surface area contributed by atoms with E-state index in [1.54, 1.807) is 4.88 Å². The largest absolute Gasteiger partial charge is 0.312 e. The Kier molecular flexibility index (Phi) is 6.10. The van der Waals surface area contributed by atoms with Crippen LogP contribution in [0.4, 0.5) is 0 Å². The third-order valence-corrected chi connectivity index (χ3v) is 5.49. The fraction of sp³-hybridized carbons (Fsp3) is 0.778. The topological polar surface area (TPSA) is 12.0 Å². The third kappa shape index (κ3) is 5.57. The maximum Gasteiger partial charge on any atom is 0.00966 e. The Morgan fingerprint density at radius 1 is 1.15 bits per heavy atom. The van der Waals surface area contributed by atoms with Gasteiger partial charge in [0.25, 0.3) is 0 Å². The number of hydrogen-bond donors (Lipinski definition) is 1. The lowest BCUT2D eigenvalue weighted by Gasteiger charge is -2.29. The molecule has 0 amide bonds. The smallest absolute Gasteiger partial charge is 0.00966 e. The number of hydrogen-bond acceptors (Lipinski definition) is 2. The van der Waals surface area contributed by atoms with Gasteiger partial charge in [-0.2, -0.15) is 0 Å². The summed E-state index contributed by atoms with van der Waals surface area (Å²) in [7, 11) is 0. The average molecular weight is 294 g/mol. The van der Waals surface area contributed by atoms with Gasteiger partial charge in [-0.1, -0.05) is 31.7 Å². The molecule has 1 aliphatic rings. The molecule has 2 heteroatoms. The van der Waals surface area contributed by atoms with Crippen LogP contribution in [0.25, 0.3) is 0 Å². The monoisotopic (exact) mass is 293 g/mol. The Morgan fingerprint density at radius 2 is 1.90 bits per heavy atom. The van der Waals surface area contributed by atoms with Gasteiger partial charge in [-0.25, -0.2) is 0 Å². The molecule has 1 aromatic rings. The van der Waals surface area contributed by atoms with Gasteiger partial charge in [0.1, 0.15) is 0 Å². The summed E-state index contributed by atoms with van der Waals surface area (Å²) in [5, 5.41) is 5.95. The summed E-state index contributed by atoms with van der Waals surface area (Å²) >= 11 is 1.92. The van der Waals surface area contributed by atoms with Crippen molar-refractivity contribution in [3.63, 3.8) is 0 Å². The maximum atomic E-state index is 3.75. The van der Waals surface area contributed by atoms with Crippen molar-refractivity contribution in [1.29, 1.82) is 0 Å². The summed E-state index contributed by atoms with van der Waals surface area (Å²) in [5.74, 6) is 1.81. The molecule has 2 atom stereocenters. The zero-order chi connectivity index (χ0) is 14.4. The average Bonchev–Trinajstić information content (AvgIpc) is 2.79. The van der Waals surface area contributed by atoms with Crippen molar-refractivity contribution in [2.24, 2.45) is 11.8 Å². The van der Waals surface area contributed by atoms with E-state index in [1.807, 2.05) is 11.3 Å². The lowest BCUT2D eigenvalue weighted by atomic mass is 9.84. The second-order valence-electron chi connectivity index (χ2n) is 7.41. The van der Waals surface area contributed by atoms with Crippen LogP contribution >= 0.6 is 11.3 Å². The molecule has 1 nitrogen and oxygen atoms in total. The molecule has 2 rings (SSSR count). The first-order valence-electron chi connectivity index (χ1n) is 8.32. The highest BCUT2D eigenvalue weighted by Gasteiger charge is 2.24. The molecule has 1 aromatic heterocycles. The van der Waals surface area contributed by atoms with Gasteiger partial charge in [0.2, 0.25) is 0 Å². The molecule has 0 aromatic carbocycles. The van der Waals surface area contributed by atoms with Crippen molar-refractivity contribution in [3.8, 4) is 0 Å². The Labute approximate surface area is 129 Å². The van der Waals surface area contributed by atoms with Gasteiger partial charge in [-0.15, -0.1) is 11.3 Å². The van der Waals surface area contributed by atoms with E-state index in [-0.39, 0.29) is 5.54 Å². The minimum atomic E-state index is 0.255. The number of rotatable bonds is 5. The predicted octanol–water partition coefficient (Wildman–Crippen LogP) is 5.27. The molecule has 114 valence electrons. The number of thiophene rings is 1. The Balaban J connectivity index is 1.87. The van der Waals surface area contributed by atoms with E-state index in [2.05, 4.69) is 43.6 Å².